The second-order valence-electron chi connectivity index (χ2n) is 4.11. The third kappa shape index (κ3) is 3.26. The number of nitrogens with two attached hydrogens (primary N) is 1. The first-order chi connectivity index (χ1) is 9.61. The molecule has 1 amide bonds. The summed E-state index contributed by atoms with van der Waals surface area (Å²) in [5.41, 5.74) is 3.57. The maximum absolute atomic E-state index is 13.4. The lowest BCUT2D eigenvalue weighted by molar-refractivity contribution is 0.0951. The van der Waals surface area contributed by atoms with Crippen molar-refractivity contribution in [2.45, 2.75) is 6.54 Å². The Balaban J connectivity index is 2.13. The molecular formula is C14H13ClFN3O. The highest BCUT2D eigenvalue weighted by Gasteiger charge is 2.12. The molecule has 0 radical (unpaired) electrons. The topological polar surface area (TPSA) is 67.1 Å². The summed E-state index contributed by atoms with van der Waals surface area (Å²) in [6, 6.07) is 11.0. The van der Waals surface area contributed by atoms with Crippen molar-refractivity contribution in [1.82, 2.24) is 5.32 Å². The lowest BCUT2D eigenvalue weighted by Crippen LogP contribution is -2.25. The quantitative estimate of drug-likeness (QED) is 0.600. The van der Waals surface area contributed by atoms with Crippen molar-refractivity contribution in [3.05, 3.63) is 64.4 Å². The molecule has 2 rings (SSSR count). The van der Waals surface area contributed by atoms with Gasteiger partial charge in [-0.1, -0.05) is 29.8 Å². The Morgan fingerprint density at radius 1 is 1.25 bits per heavy atom. The zero-order valence-electron chi connectivity index (χ0n) is 10.5. The summed E-state index contributed by atoms with van der Waals surface area (Å²) in [6.45, 7) is 0.0853. The van der Waals surface area contributed by atoms with E-state index >= 15 is 0 Å². The molecule has 0 unspecified atom stereocenters. The zero-order chi connectivity index (χ0) is 14.5. The van der Waals surface area contributed by atoms with Gasteiger partial charge in [0.25, 0.3) is 5.91 Å². The average Bonchev–Trinajstić information content (AvgIpc) is 2.46. The van der Waals surface area contributed by atoms with Gasteiger partial charge in [-0.25, -0.2) is 4.39 Å². The van der Waals surface area contributed by atoms with Gasteiger partial charge < -0.3 is 10.7 Å². The fourth-order valence-electron chi connectivity index (χ4n) is 1.74. The Hall–Kier alpha value is -2.11. The zero-order valence-corrected chi connectivity index (χ0v) is 11.2. The van der Waals surface area contributed by atoms with E-state index in [4.69, 9.17) is 17.4 Å². The summed E-state index contributed by atoms with van der Waals surface area (Å²) in [7, 11) is 0. The summed E-state index contributed by atoms with van der Waals surface area (Å²) in [5, 5.41) is 3.04. The van der Waals surface area contributed by atoms with Crippen LogP contribution in [-0.4, -0.2) is 5.91 Å². The molecule has 0 aromatic heterocycles. The van der Waals surface area contributed by atoms with Crippen molar-refractivity contribution in [3.8, 4) is 0 Å². The summed E-state index contributed by atoms with van der Waals surface area (Å²) < 4.78 is 13.4. The Bertz CT molecular complexity index is 634. The van der Waals surface area contributed by atoms with Crippen LogP contribution in [0, 0.1) is 5.82 Å². The van der Waals surface area contributed by atoms with Crippen LogP contribution >= 0.6 is 11.6 Å². The van der Waals surface area contributed by atoms with E-state index in [-0.39, 0.29) is 18.3 Å². The first kappa shape index (κ1) is 14.3. The average molecular weight is 294 g/mol. The van der Waals surface area contributed by atoms with Gasteiger partial charge >= 0.3 is 0 Å². The molecule has 0 aliphatic heterocycles. The number of halogens is 2. The molecule has 0 heterocycles. The van der Waals surface area contributed by atoms with E-state index in [0.29, 0.717) is 21.8 Å². The number of hydrogen-bond acceptors (Lipinski definition) is 3. The van der Waals surface area contributed by atoms with E-state index in [1.807, 2.05) is 0 Å². The number of carbonyl (C=O) groups is 1. The molecule has 0 aliphatic carbocycles. The number of carbonyl (C=O) groups excluding carboxylic acids is 1. The van der Waals surface area contributed by atoms with Crippen LogP contribution in [-0.2, 0) is 6.54 Å². The van der Waals surface area contributed by atoms with Gasteiger partial charge in [0.05, 0.1) is 11.3 Å². The lowest BCUT2D eigenvalue weighted by atomic mass is 10.1. The number of rotatable bonds is 4. The monoisotopic (exact) mass is 293 g/mol. The van der Waals surface area contributed by atoms with E-state index in [9.17, 15) is 9.18 Å². The number of nitrogens with one attached hydrogen (secondary N) is 2. The number of benzene rings is 2. The molecule has 104 valence electrons. The third-order valence-electron chi connectivity index (χ3n) is 2.78. The van der Waals surface area contributed by atoms with Gasteiger partial charge in [0.2, 0.25) is 0 Å². The van der Waals surface area contributed by atoms with Crippen LogP contribution in [0.1, 0.15) is 15.9 Å². The second-order valence-corrected chi connectivity index (χ2v) is 4.54. The van der Waals surface area contributed by atoms with Crippen molar-refractivity contribution in [2.75, 3.05) is 5.43 Å². The summed E-state index contributed by atoms with van der Waals surface area (Å²) in [5.74, 6) is 4.59. The fraction of sp³-hybridized carbons (Fsp3) is 0.0714. The number of anilines is 1. The van der Waals surface area contributed by atoms with Gasteiger partial charge in [0.15, 0.2) is 0 Å². The SMILES string of the molecule is NNc1ccc(Cl)cc1C(=O)NCc1ccccc1F. The first-order valence-electron chi connectivity index (χ1n) is 5.89. The van der Waals surface area contributed by atoms with Crippen LogP contribution in [0.25, 0.3) is 0 Å². The molecule has 0 atom stereocenters. The Labute approximate surface area is 120 Å². The third-order valence-corrected chi connectivity index (χ3v) is 3.01. The largest absolute Gasteiger partial charge is 0.348 e. The molecule has 0 bridgehead atoms. The predicted octanol–water partition coefficient (Wildman–Crippen LogP) is 2.69. The minimum absolute atomic E-state index is 0.0853. The Morgan fingerprint density at radius 3 is 2.70 bits per heavy atom. The second kappa shape index (κ2) is 6.36. The number of hydrazine groups is 1. The van der Waals surface area contributed by atoms with E-state index in [2.05, 4.69) is 10.7 Å². The van der Waals surface area contributed by atoms with Crippen LogP contribution in [0.15, 0.2) is 42.5 Å². The van der Waals surface area contributed by atoms with Crippen molar-refractivity contribution in [1.29, 1.82) is 0 Å². The summed E-state index contributed by atoms with van der Waals surface area (Å²) in [4.78, 5) is 12.1. The van der Waals surface area contributed by atoms with Crippen molar-refractivity contribution >= 4 is 23.2 Å². The van der Waals surface area contributed by atoms with Crippen molar-refractivity contribution in [3.63, 3.8) is 0 Å². The minimum Gasteiger partial charge on any atom is -0.348 e. The van der Waals surface area contributed by atoms with Crippen LogP contribution < -0.4 is 16.6 Å². The molecule has 6 heteroatoms. The normalized spacial score (nSPS) is 10.2. The van der Waals surface area contributed by atoms with Crippen LogP contribution in [0.5, 0.6) is 0 Å². The number of amides is 1. The molecule has 0 spiro atoms. The van der Waals surface area contributed by atoms with Crippen molar-refractivity contribution < 1.29 is 9.18 Å². The summed E-state index contributed by atoms with van der Waals surface area (Å²) >= 11 is 5.85. The Morgan fingerprint density at radius 2 is 2.00 bits per heavy atom. The van der Waals surface area contributed by atoms with Crippen molar-refractivity contribution in [2.24, 2.45) is 5.84 Å². The summed E-state index contributed by atoms with van der Waals surface area (Å²) in [6.07, 6.45) is 0. The molecular weight excluding hydrogens is 281 g/mol. The molecule has 4 nitrogen and oxygen atoms in total. The van der Waals surface area contributed by atoms with E-state index in [0.717, 1.165) is 0 Å². The van der Waals surface area contributed by atoms with E-state index in [1.54, 1.807) is 30.3 Å². The molecule has 0 saturated heterocycles. The highest BCUT2D eigenvalue weighted by Crippen LogP contribution is 2.20. The maximum atomic E-state index is 13.4. The van der Waals surface area contributed by atoms with E-state index < -0.39 is 0 Å². The maximum Gasteiger partial charge on any atom is 0.253 e. The van der Waals surface area contributed by atoms with Gasteiger partial charge in [-0.3, -0.25) is 10.6 Å². The number of hydrogen-bond donors (Lipinski definition) is 3. The van der Waals surface area contributed by atoms with E-state index in [1.165, 1.54) is 12.1 Å². The molecule has 20 heavy (non-hydrogen) atoms. The van der Waals surface area contributed by atoms with Gasteiger partial charge in [-0.05, 0) is 24.3 Å². The minimum atomic E-state index is -0.385. The highest BCUT2D eigenvalue weighted by atomic mass is 35.5. The molecule has 2 aromatic carbocycles. The lowest BCUT2D eigenvalue weighted by Gasteiger charge is -2.10. The van der Waals surface area contributed by atoms with Gasteiger partial charge in [-0.2, -0.15) is 0 Å². The van der Waals surface area contributed by atoms with Crippen LogP contribution in [0.4, 0.5) is 10.1 Å². The fourth-order valence-corrected chi connectivity index (χ4v) is 1.91. The van der Waals surface area contributed by atoms with Gasteiger partial charge in [-0.15, -0.1) is 0 Å². The molecule has 0 fully saturated rings. The predicted molar refractivity (Wildman–Crippen MR) is 76.8 cm³/mol. The number of nitrogen functional groups attached to an aromatic ring is 1. The first-order valence-corrected chi connectivity index (χ1v) is 6.27. The van der Waals surface area contributed by atoms with Gasteiger partial charge in [0.1, 0.15) is 5.82 Å². The molecule has 0 saturated carbocycles. The highest BCUT2D eigenvalue weighted by molar-refractivity contribution is 6.31. The molecule has 0 aliphatic rings. The Kier molecular flexibility index (Phi) is 4.55. The van der Waals surface area contributed by atoms with Crippen LogP contribution in [0.3, 0.4) is 0 Å². The van der Waals surface area contributed by atoms with Crippen LogP contribution in [0.2, 0.25) is 5.02 Å². The molecule has 4 N–H and O–H groups in total. The standard InChI is InChI=1S/C14H13ClFN3O/c15-10-5-6-13(19-17)11(7-10)14(20)18-8-9-3-1-2-4-12(9)16/h1-7,19H,8,17H2,(H,18,20). The van der Waals surface area contributed by atoms with Gasteiger partial charge in [0, 0.05) is 17.1 Å². The molecule has 2 aromatic rings. The smallest absolute Gasteiger partial charge is 0.253 e.